The number of Topliss-reactive ketones (excluding diaryl/α,β-unsaturated/α-hetero) is 1. The van der Waals surface area contributed by atoms with Crippen molar-refractivity contribution in [2.45, 2.75) is 26.2 Å². The van der Waals surface area contributed by atoms with Crippen LogP contribution in [0.5, 0.6) is 0 Å². The van der Waals surface area contributed by atoms with E-state index >= 15 is 0 Å². The summed E-state index contributed by atoms with van der Waals surface area (Å²) in [5.41, 5.74) is 0.686. The van der Waals surface area contributed by atoms with Gasteiger partial charge in [-0.3, -0.25) is 4.79 Å². The fourth-order valence-electron chi connectivity index (χ4n) is 1.18. The van der Waals surface area contributed by atoms with Gasteiger partial charge in [-0.1, -0.05) is 40.9 Å². The minimum atomic E-state index is 0.154. The van der Waals surface area contributed by atoms with Gasteiger partial charge in [-0.15, -0.1) is 0 Å². The van der Waals surface area contributed by atoms with Crippen molar-refractivity contribution in [1.82, 2.24) is 0 Å². The third kappa shape index (κ3) is 3.10. The maximum Gasteiger partial charge on any atom is 0.164 e. The van der Waals surface area contributed by atoms with Crippen LogP contribution in [0.25, 0.3) is 0 Å². The molecule has 0 aromatic heterocycles. The highest BCUT2D eigenvalue weighted by molar-refractivity contribution is 9.10. The largest absolute Gasteiger partial charge is 0.294 e. The Morgan fingerprint density at radius 1 is 1.50 bits per heavy atom. The molecule has 0 atom stereocenters. The number of carbonyl (C=O) groups is 1. The lowest BCUT2D eigenvalue weighted by Crippen LogP contribution is -1.99. The molecule has 0 saturated heterocycles. The SMILES string of the molecule is CCCCC(=O)c1cc(Cl)ccc1Br. The van der Waals surface area contributed by atoms with E-state index in [1.54, 1.807) is 12.1 Å². The van der Waals surface area contributed by atoms with Crippen molar-refractivity contribution in [2.24, 2.45) is 0 Å². The number of hydrogen-bond donors (Lipinski definition) is 0. The monoisotopic (exact) mass is 274 g/mol. The van der Waals surface area contributed by atoms with Gasteiger partial charge >= 0.3 is 0 Å². The standard InChI is InChI=1S/C11H12BrClO/c1-2-3-4-11(14)9-7-8(13)5-6-10(9)12/h5-7H,2-4H2,1H3. The van der Waals surface area contributed by atoms with Gasteiger partial charge in [0.25, 0.3) is 0 Å². The zero-order chi connectivity index (χ0) is 10.6. The van der Waals surface area contributed by atoms with Crippen LogP contribution in [0, 0.1) is 0 Å². The fourth-order valence-corrected chi connectivity index (χ4v) is 1.82. The maximum absolute atomic E-state index is 11.7. The quantitative estimate of drug-likeness (QED) is 0.741. The van der Waals surface area contributed by atoms with Crippen molar-refractivity contribution < 1.29 is 4.79 Å². The molecule has 0 bridgehead atoms. The molecule has 1 aromatic carbocycles. The molecule has 76 valence electrons. The number of carbonyl (C=O) groups excluding carboxylic acids is 1. The first kappa shape index (κ1) is 11.7. The number of benzene rings is 1. The Kier molecular flexibility index (Phi) is 4.63. The lowest BCUT2D eigenvalue weighted by atomic mass is 10.1. The van der Waals surface area contributed by atoms with E-state index in [-0.39, 0.29) is 5.78 Å². The minimum absolute atomic E-state index is 0.154. The van der Waals surface area contributed by atoms with Crippen molar-refractivity contribution in [2.75, 3.05) is 0 Å². The average molecular weight is 276 g/mol. The Hall–Kier alpha value is -0.340. The van der Waals surface area contributed by atoms with E-state index in [9.17, 15) is 4.79 Å². The molecule has 0 heterocycles. The van der Waals surface area contributed by atoms with Crippen LogP contribution < -0.4 is 0 Å². The Bertz CT molecular complexity index is 336. The third-order valence-electron chi connectivity index (χ3n) is 1.99. The van der Waals surface area contributed by atoms with Crippen LogP contribution in [0.3, 0.4) is 0 Å². The molecule has 0 aliphatic rings. The predicted octanol–water partition coefficient (Wildman–Crippen LogP) is 4.48. The lowest BCUT2D eigenvalue weighted by molar-refractivity contribution is 0.0979. The van der Waals surface area contributed by atoms with Crippen molar-refractivity contribution in [3.8, 4) is 0 Å². The first-order valence-electron chi connectivity index (χ1n) is 4.63. The van der Waals surface area contributed by atoms with Gasteiger partial charge in [0.1, 0.15) is 0 Å². The molecule has 0 amide bonds. The van der Waals surface area contributed by atoms with Crippen LogP contribution in [0.4, 0.5) is 0 Å². The third-order valence-corrected chi connectivity index (χ3v) is 2.91. The van der Waals surface area contributed by atoms with Gasteiger partial charge < -0.3 is 0 Å². The zero-order valence-corrected chi connectivity index (χ0v) is 10.4. The maximum atomic E-state index is 11.7. The molecular formula is C11H12BrClO. The molecule has 0 unspecified atom stereocenters. The molecule has 0 fully saturated rings. The number of hydrogen-bond acceptors (Lipinski definition) is 1. The van der Waals surface area contributed by atoms with E-state index in [1.165, 1.54) is 0 Å². The van der Waals surface area contributed by atoms with Crippen LogP contribution >= 0.6 is 27.5 Å². The summed E-state index contributed by atoms with van der Waals surface area (Å²) in [6, 6.07) is 5.29. The van der Waals surface area contributed by atoms with Gasteiger partial charge in [-0.25, -0.2) is 0 Å². The molecule has 1 rings (SSSR count). The summed E-state index contributed by atoms with van der Waals surface area (Å²) in [5, 5.41) is 0.605. The summed E-state index contributed by atoms with van der Waals surface area (Å²) >= 11 is 9.17. The van der Waals surface area contributed by atoms with Gasteiger partial charge in [0, 0.05) is 21.5 Å². The Morgan fingerprint density at radius 3 is 2.86 bits per heavy atom. The van der Waals surface area contributed by atoms with Crippen molar-refractivity contribution >= 4 is 33.3 Å². The van der Waals surface area contributed by atoms with Crippen LogP contribution in [-0.4, -0.2) is 5.78 Å². The zero-order valence-electron chi connectivity index (χ0n) is 8.02. The van der Waals surface area contributed by atoms with Crippen molar-refractivity contribution in [3.63, 3.8) is 0 Å². The van der Waals surface area contributed by atoms with E-state index in [1.807, 2.05) is 6.07 Å². The van der Waals surface area contributed by atoms with Gasteiger partial charge in [0.05, 0.1) is 0 Å². The summed E-state index contributed by atoms with van der Waals surface area (Å²) in [7, 11) is 0. The van der Waals surface area contributed by atoms with Gasteiger partial charge in [-0.05, 0) is 24.6 Å². The summed E-state index contributed by atoms with van der Waals surface area (Å²) < 4.78 is 0.822. The molecule has 0 N–H and O–H groups in total. The molecular weight excluding hydrogens is 263 g/mol. The van der Waals surface area contributed by atoms with E-state index in [0.717, 1.165) is 17.3 Å². The van der Waals surface area contributed by atoms with E-state index in [2.05, 4.69) is 22.9 Å². The van der Waals surface area contributed by atoms with Crippen LogP contribution in [-0.2, 0) is 0 Å². The Labute approximate surface area is 97.6 Å². The van der Waals surface area contributed by atoms with Crippen LogP contribution in [0.2, 0.25) is 5.02 Å². The van der Waals surface area contributed by atoms with E-state index in [0.29, 0.717) is 17.0 Å². The van der Waals surface area contributed by atoms with E-state index < -0.39 is 0 Å². The van der Waals surface area contributed by atoms with Gasteiger partial charge in [-0.2, -0.15) is 0 Å². The second-order valence-corrected chi connectivity index (χ2v) is 4.44. The van der Waals surface area contributed by atoms with Gasteiger partial charge in [0.15, 0.2) is 5.78 Å². The van der Waals surface area contributed by atoms with Crippen molar-refractivity contribution in [3.05, 3.63) is 33.3 Å². The molecule has 0 saturated carbocycles. The fraction of sp³-hybridized carbons (Fsp3) is 0.364. The van der Waals surface area contributed by atoms with E-state index in [4.69, 9.17) is 11.6 Å². The topological polar surface area (TPSA) is 17.1 Å². The molecule has 0 aliphatic heterocycles. The normalized spacial score (nSPS) is 10.2. The number of ketones is 1. The molecule has 14 heavy (non-hydrogen) atoms. The highest BCUT2D eigenvalue weighted by Crippen LogP contribution is 2.22. The predicted molar refractivity (Wildman–Crippen MR) is 63.0 cm³/mol. The summed E-state index contributed by atoms with van der Waals surface area (Å²) in [6.45, 7) is 2.07. The summed E-state index contributed by atoms with van der Waals surface area (Å²) in [4.78, 5) is 11.7. The molecule has 0 aliphatic carbocycles. The number of unbranched alkanes of at least 4 members (excludes halogenated alkanes) is 1. The molecule has 0 radical (unpaired) electrons. The second-order valence-electron chi connectivity index (χ2n) is 3.15. The first-order chi connectivity index (χ1) is 6.65. The highest BCUT2D eigenvalue weighted by atomic mass is 79.9. The molecule has 1 nitrogen and oxygen atoms in total. The van der Waals surface area contributed by atoms with Gasteiger partial charge in [0.2, 0.25) is 0 Å². The van der Waals surface area contributed by atoms with Crippen LogP contribution in [0.1, 0.15) is 36.5 Å². The Morgan fingerprint density at radius 2 is 2.21 bits per heavy atom. The molecule has 0 spiro atoms. The minimum Gasteiger partial charge on any atom is -0.294 e. The smallest absolute Gasteiger partial charge is 0.164 e. The van der Waals surface area contributed by atoms with Crippen molar-refractivity contribution in [1.29, 1.82) is 0 Å². The number of rotatable bonds is 4. The highest BCUT2D eigenvalue weighted by Gasteiger charge is 2.09. The molecule has 3 heteroatoms. The second kappa shape index (κ2) is 5.52. The average Bonchev–Trinajstić information content (AvgIpc) is 2.18. The molecule has 1 aromatic rings. The van der Waals surface area contributed by atoms with Crippen LogP contribution in [0.15, 0.2) is 22.7 Å². The summed E-state index contributed by atoms with van der Waals surface area (Å²) in [6.07, 6.45) is 2.55. The first-order valence-corrected chi connectivity index (χ1v) is 5.80. The lowest BCUT2D eigenvalue weighted by Gasteiger charge is -2.03. The Balaban J connectivity index is 2.83. The summed E-state index contributed by atoms with van der Waals surface area (Å²) in [5.74, 6) is 0.154. The number of halogens is 2.